The molecule has 0 radical (unpaired) electrons. The van der Waals surface area contributed by atoms with Crippen LogP contribution >= 0.6 is 11.6 Å². The van der Waals surface area contributed by atoms with E-state index in [1.54, 1.807) is 0 Å². The average Bonchev–Trinajstić information content (AvgIpc) is 2.95. The molecule has 2 aromatic carbocycles. The highest BCUT2D eigenvalue weighted by molar-refractivity contribution is 6.35. The van der Waals surface area contributed by atoms with Gasteiger partial charge in [0.1, 0.15) is 11.3 Å². The highest BCUT2D eigenvalue weighted by Crippen LogP contribution is 2.33. The lowest BCUT2D eigenvalue weighted by atomic mass is 10.1. The first kappa shape index (κ1) is 15.2. The number of halogens is 1. The van der Waals surface area contributed by atoms with Crippen LogP contribution in [0.3, 0.4) is 0 Å². The molecule has 120 valence electrons. The van der Waals surface area contributed by atoms with Gasteiger partial charge in [-0.3, -0.25) is 0 Å². The smallest absolute Gasteiger partial charge is 0.157 e. The van der Waals surface area contributed by atoms with Gasteiger partial charge in [0.25, 0.3) is 0 Å². The van der Waals surface area contributed by atoms with E-state index in [0.717, 1.165) is 39.9 Å². The van der Waals surface area contributed by atoms with Crippen LogP contribution in [0.2, 0.25) is 5.15 Å². The Morgan fingerprint density at radius 3 is 2.42 bits per heavy atom. The van der Waals surface area contributed by atoms with Crippen LogP contribution < -0.4 is 0 Å². The van der Waals surface area contributed by atoms with Crippen molar-refractivity contribution in [2.75, 3.05) is 0 Å². The van der Waals surface area contributed by atoms with E-state index in [1.807, 2.05) is 36.4 Å². The number of benzene rings is 2. The van der Waals surface area contributed by atoms with E-state index >= 15 is 0 Å². The number of nitrogens with zero attached hydrogens (tertiary/aromatic N) is 3. The van der Waals surface area contributed by atoms with Crippen LogP contribution in [0.5, 0.6) is 0 Å². The van der Waals surface area contributed by atoms with E-state index in [-0.39, 0.29) is 0 Å². The van der Waals surface area contributed by atoms with Gasteiger partial charge >= 0.3 is 0 Å². The van der Waals surface area contributed by atoms with Gasteiger partial charge in [-0.15, -0.1) is 0 Å². The zero-order valence-corrected chi connectivity index (χ0v) is 14.5. The lowest BCUT2D eigenvalue weighted by molar-refractivity contribution is 0.537. The van der Waals surface area contributed by atoms with Gasteiger partial charge in [0.05, 0.1) is 11.0 Å². The molecule has 0 aliphatic rings. The van der Waals surface area contributed by atoms with Crippen molar-refractivity contribution in [3.63, 3.8) is 0 Å². The number of hydrogen-bond acceptors (Lipinski definition) is 2. The van der Waals surface area contributed by atoms with Crippen LogP contribution in [0, 0.1) is 5.92 Å². The number of para-hydroxylation sites is 1. The van der Waals surface area contributed by atoms with Crippen molar-refractivity contribution in [1.29, 1.82) is 0 Å². The van der Waals surface area contributed by atoms with Gasteiger partial charge in [-0.05, 0) is 12.0 Å². The molecule has 0 atom stereocenters. The molecular formula is C20H18ClN3. The lowest BCUT2D eigenvalue weighted by Crippen LogP contribution is -2.06. The molecule has 2 heterocycles. The summed E-state index contributed by atoms with van der Waals surface area (Å²) < 4.78 is 2.28. The third kappa shape index (κ3) is 2.45. The van der Waals surface area contributed by atoms with Crippen LogP contribution in [0.15, 0.2) is 54.6 Å². The molecule has 24 heavy (non-hydrogen) atoms. The first-order chi connectivity index (χ1) is 11.6. The summed E-state index contributed by atoms with van der Waals surface area (Å²) in [7, 11) is 0. The van der Waals surface area contributed by atoms with Gasteiger partial charge in [-0.25, -0.2) is 9.97 Å². The van der Waals surface area contributed by atoms with E-state index in [9.17, 15) is 0 Å². The Balaban J connectivity index is 2.13. The van der Waals surface area contributed by atoms with Crippen LogP contribution in [-0.4, -0.2) is 14.5 Å². The maximum atomic E-state index is 6.46. The monoisotopic (exact) mass is 335 g/mol. The van der Waals surface area contributed by atoms with E-state index in [4.69, 9.17) is 16.6 Å². The SMILES string of the molecule is CC(C)Cn1c(-c2ccccc2)nc2c(Cl)nc3ccccc3c21. The summed E-state index contributed by atoms with van der Waals surface area (Å²) in [6.07, 6.45) is 0. The fourth-order valence-electron chi connectivity index (χ4n) is 3.15. The van der Waals surface area contributed by atoms with E-state index in [0.29, 0.717) is 11.1 Å². The number of pyridine rings is 1. The molecule has 0 bridgehead atoms. The topological polar surface area (TPSA) is 30.7 Å². The van der Waals surface area contributed by atoms with Crippen molar-refractivity contribution >= 4 is 33.5 Å². The number of hydrogen-bond donors (Lipinski definition) is 0. The molecule has 0 fully saturated rings. The molecule has 2 aromatic heterocycles. The third-order valence-corrected chi connectivity index (χ3v) is 4.38. The van der Waals surface area contributed by atoms with Gasteiger partial charge in [-0.2, -0.15) is 0 Å². The van der Waals surface area contributed by atoms with Crippen molar-refractivity contribution in [2.24, 2.45) is 5.92 Å². The summed E-state index contributed by atoms with van der Waals surface area (Å²) in [5, 5.41) is 1.55. The molecule has 0 N–H and O–H groups in total. The molecule has 0 aliphatic carbocycles. The summed E-state index contributed by atoms with van der Waals surface area (Å²) >= 11 is 6.46. The molecule has 4 rings (SSSR count). The van der Waals surface area contributed by atoms with Crippen molar-refractivity contribution in [2.45, 2.75) is 20.4 Å². The zero-order valence-electron chi connectivity index (χ0n) is 13.7. The van der Waals surface area contributed by atoms with Crippen molar-refractivity contribution < 1.29 is 0 Å². The molecule has 4 aromatic rings. The molecule has 0 saturated heterocycles. The minimum atomic E-state index is 0.461. The zero-order chi connectivity index (χ0) is 16.7. The maximum absolute atomic E-state index is 6.46. The second-order valence-corrected chi connectivity index (χ2v) is 6.78. The van der Waals surface area contributed by atoms with Gasteiger partial charge in [0.2, 0.25) is 0 Å². The predicted octanol–water partition coefficient (Wildman–Crippen LogP) is 5.56. The Morgan fingerprint density at radius 1 is 0.958 bits per heavy atom. The number of imidazole rings is 1. The predicted molar refractivity (Wildman–Crippen MR) is 100 cm³/mol. The third-order valence-electron chi connectivity index (χ3n) is 4.12. The molecule has 4 heteroatoms. The largest absolute Gasteiger partial charge is 0.323 e. The minimum Gasteiger partial charge on any atom is -0.323 e. The first-order valence-electron chi connectivity index (χ1n) is 8.15. The highest BCUT2D eigenvalue weighted by Gasteiger charge is 2.19. The average molecular weight is 336 g/mol. The van der Waals surface area contributed by atoms with E-state index in [1.165, 1.54) is 0 Å². The summed E-state index contributed by atoms with van der Waals surface area (Å²) in [5.74, 6) is 1.44. The Bertz CT molecular complexity index is 1020. The Morgan fingerprint density at radius 2 is 1.67 bits per heavy atom. The summed E-state index contributed by atoms with van der Waals surface area (Å²) in [6.45, 7) is 5.31. The van der Waals surface area contributed by atoms with Crippen LogP contribution in [-0.2, 0) is 6.54 Å². The maximum Gasteiger partial charge on any atom is 0.157 e. The number of aromatic nitrogens is 3. The highest BCUT2D eigenvalue weighted by atomic mass is 35.5. The van der Waals surface area contributed by atoms with Crippen LogP contribution in [0.4, 0.5) is 0 Å². The molecule has 0 amide bonds. The number of fused-ring (bicyclic) bond motifs is 3. The molecule has 0 aliphatic heterocycles. The molecular weight excluding hydrogens is 318 g/mol. The van der Waals surface area contributed by atoms with Crippen molar-refractivity contribution in [3.05, 3.63) is 59.8 Å². The summed E-state index contributed by atoms with van der Waals surface area (Å²) in [4.78, 5) is 9.37. The van der Waals surface area contributed by atoms with Crippen molar-refractivity contribution in [1.82, 2.24) is 14.5 Å². The summed E-state index contributed by atoms with van der Waals surface area (Å²) in [5.41, 5.74) is 3.84. The molecule has 0 spiro atoms. The fourth-order valence-corrected chi connectivity index (χ4v) is 3.37. The summed E-state index contributed by atoms with van der Waals surface area (Å²) in [6, 6.07) is 18.4. The molecule has 0 saturated carbocycles. The Hall–Kier alpha value is -2.39. The Kier molecular flexibility index (Phi) is 3.73. The second kappa shape index (κ2) is 5.91. The number of rotatable bonds is 3. The quantitative estimate of drug-likeness (QED) is 0.459. The second-order valence-electron chi connectivity index (χ2n) is 6.42. The van der Waals surface area contributed by atoms with Gasteiger partial charge in [-0.1, -0.05) is 74.0 Å². The lowest BCUT2D eigenvalue weighted by Gasteiger charge is -2.13. The fraction of sp³-hybridized carbons (Fsp3) is 0.200. The molecule has 3 nitrogen and oxygen atoms in total. The molecule has 0 unspecified atom stereocenters. The van der Waals surface area contributed by atoms with E-state index in [2.05, 4.69) is 41.6 Å². The first-order valence-corrected chi connectivity index (χ1v) is 8.53. The minimum absolute atomic E-state index is 0.461. The van der Waals surface area contributed by atoms with Gasteiger partial charge in [0.15, 0.2) is 5.15 Å². The van der Waals surface area contributed by atoms with E-state index < -0.39 is 0 Å². The van der Waals surface area contributed by atoms with Gasteiger partial charge in [0, 0.05) is 17.5 Å². The Labute approximate surface area is 145 Å². The normalized spacial score (nSPS) is 11.7. The van der Waals surface area contributed by atoms with Crippen LogP contribution in [0.1, 0.15) is 13.8 Å². The van der Waals surface area contributed by atoms with Crippen LogP contribution in [0.25, 0.3) is 33.3 Å². The van der Waals surface area contributed by atoms with Gasteiger partial charge < -0.3 is 4.57 Å². The standard InChI is InChI=1S/C20H18ClN3/c1-13(2)12-24-18-15-10-6-7-11-16(15)22-19(21)17(18)23-20(24)14-8-4-3-5-9-14/h3-11,13H,12H2,1-2H3. The van der Waals surface area contributed by atoms with Crippen molar-refractivity contribution in [3.8, 4) is 11.4 Å².